The van der Waals surface area contributed by atoms with Crippen molar-refractivity contribution in [2.45, 2.75) is 52.4 Å². The molecule has 22 heavy (non-hydrogen) atoms. The first-order chi connectivity index (χ1) is 10.5. The van der Waals surface area contributed by atoms with Crippen molar-refractivity contribution in [1.29, 1.82) is 10.8 Å². The molecule has 0 amide bonds. The molecule has 1 unspecified atom stereocenters. The quantitative estimate of drug-likeness (QED) is 0.736. The molecule has 2 rings (SSSR count). The molecule has 0 spiro atoms. The van der Waals surface area contributed by atoms with Crippen LogP contribution in [0.2, 0.25) is 0 Å². The zero-order valence-electron chi connectivity index (χ0n) is 13.7. The van der Waals surface area contributed by atoms with Crippen molar-refractivity contribution in [3.8, 4) is 0 Å². The number of hydrogen-bond donors (Lipinski definition) is 2. The highest BCUT2D eigenvalue weighted by Gasteiger charge is 2.14. The maximum atomic E-state index is 8.05. The van der Waals surface area contributed by atoms with Gasteiger partial charge in [0.25, 0.3) is 0 Å². The summed E-state index contributed by atoms with van der Waals surface area (Å²) in [5, 5.41) is 15.7. The lowest BCUT2D eigenvalue weighted by molar-refractivity contribution is 0.724. The zero-order valence-corrected chi connectivity index (χ0v) is 13.7. The summed E-state index contributed by atoms with van der Waals surface area (Å²) < 4.78 is 0. The average molecular weight is 295 g/mol. The molecule has 0 aromatic heterocycles. The third kappa shape index (κ3) is 3.79. The summed E-state index contributed by atoms with van der Waals surface area (Å²) in [4.78, 5) is 4.56. The van der Waals surface area contributed by atoms with Gasteiger partial charge in [0.1, 0.15) is 0 Å². The Labute approximate surface area is 133 Å². The third-order valence-corrected chi connectivity index (χ3v) is 4.43. The van der Waals surface area contributed by atoms with E-state index >= 15 is 0 Å². The lowest BCUT2D eigenvalue weighted by Crippen LogP contribution is -2.09. The van der Waals surface area contributed by atoms with E-state index in [1.165, 1.54) is 17.3 Å². The fourth-order valence-corrected chi connectivity index (χ4v) is 2.77. The molecule has 0 heterocycles. The first kappa shape index (κ1) is 16.3. The van der Waals surface area contributed by atoms with E-state index in [-0.39, 0.29) is 5.92 Å². The molecule has 0 aliphatic heterocycles. The average Bonchev–Trinajstić information content (AvgIpc) is 2.51. The Hall–Kier alpha value is -2.03. The number of hydrogen-bond acceptors (Lipinski definition) is 3. The zero-order chi connectivity index (χ0) is 16.1. The molecule has 1 aliphatic rings. The van der Waals surface area contributed by atoms with Crippen molar-refractivity contribution >= 4 is 18.1 Å². The van der Waals surface area contributed by atoms with Crippen LogP contribution < -0.4 is 0 Å². The van der Waals surface area contributed by atoms with Crippen LogP contribution in [0, 0.1) is 24.7 Å². The molecular formula is C19H25N3. The van der Waals surface area contributed by atoms with Crippen molar-refractivity contribution in [2.24, 2.45) is 4.99 Å². The van der Waals surface area contributed by atoms with Crippen LogP contribution in [0.5, 0.6) is 0 Å². The number of aryl methyl sites for hydroxylation is 2. The largest absolute Gasteiger partial charge is 0.312 e. The predicted molar refractivity (Wildman–Crippen MR) is 94.8 cm³/mol. The Bertz CT molecular complexity index is 638. The number of nitrogens with zero attached hydrogens (tertiary/aromatic N) is 1. The highest BCUT2D eigenvalue weighted by molar-refractivity contribution is 5.99. The molecule has 1 aromatic rings. The lowest BCUT2D eigenvalue weighted by Gasteiger charge is -2.16. The van der Waals surface area contributed by atoms with Crippen LogP contribution in [-0.2, 0) is 0 Å². The summed E-state index contributed by atoms with van der Waals surface area (Å²) in [5.74, 6) is -0.104. The van der Waals surface area contributed by atoms with Gasteiger partial charge in [0, 0.05) is 23.8 Å². The van der Waals surface area contributed by atoms with Gasteiger partial charge in [-0.2, -0.15) is 0 Å². The highest BCUT2D eigenvalue weighted by Crippen LogP contribution is 2.24. The third-order valence-electron chi connectivity index (χ3n) is 4.43. The maximum Gasteiger partial charge on any atom is 0.0540 e. The molecule has 116 valence electrons. The van der Waals surface area contributed by atoms with Gasteiger partial charge in [-0.25, -0.2) is 0 Å². The lowest BCUT2D eigenvalue weighted by atomic mass is 9.91. The van der Waals surface area contributed by atoms with Gasteiger partial charge in [-0.15, -0.1) is 0 Å². The monoisotopic (exact) mass is 295 g/mol. The first-order valence-corrected chi connectivity index (χ1v) is 7.92. The van der Waals surface area contributed by atoms with Crippen LogP contribution in [0.25, 0.3) is 0 Å². The predicted octanol–water partition coefficient (Wildman–Crippen LogP) is 4.98. The van der Waals surface area contributed by atoms with E-state index in [2.05, 4.69) is 37.0 Å². The summed E-state index contributed by atoms with van der Waals surface area (Å²) in [5.41, 5.74) is 6.35. The Morgan fingerprint density at radius 1 is 1.18 bits per heavy atom. The number of benzene rings is 1. The second-order valence-electron chi connectivity index (χ2n) is 6.06. The standard InChI is InChI=1S/C19H25N3/c1-13-8-9-16(10-14(13)2)17(11-20)12-22-15(3)18-6-4-5-7-19(18)21/h8-12,17,20-21H,4-7H2,1-3H3/b18-15-,20-11?,21-19?,22-12?. The molecule has 3 nitrogen and oxygen atoms in total. The molecule has 3 heteroatoms. The Kier molecular flexibility index (Phi) is 5.42. The molecule has 1 saturated carbocycles. The van der Waals surface area contributed by atoms with E-state index in [0.29, 0.717) is 0 Å². The van der Waals surface area contributed by atoms with Gasteiger partial charge in [-0.3, -0.25) is 4.99 Å². The van der Waals surface area contributed by atoms with E-state index in [0.717, 1.165) is 48.2 Å². The van der Waals surface area contributed by atoms with Gasteiger partial charge in [0.05, 0.1) is 5.92 Å². The Morgan fingerprint density at radius 2 is 1.91 bits per heavy atom. The molecule has 1 fully saturated rings. The smallest absolute Gasteiger partial charge is 0.0540 e. The Morgan fingerprint density at radius 3 is 2.55 bits per heavy atom. The fraction of sp³-hybridized carbons (Fsp3) is 0.421. The second-order valence-corrected chi connectivity index (χ2v) is 6.06. The summed E-state index contributed by atoms with van der Waals surface area (Å²) in [6.45, 7) is 6.16. The minimum Gasteiger partial charge on any atom is -0.312 e. The molecule has 0 saturated heterocycles. The summed E-state index contributed by atoms with van der Waals surface area (Å²) in [6, 6.07) is 6.29. The van der Waals surface area contributed by atoms with E-state index in [4.69, 9.17) is 10.8 Å². The summed E-state index contributed by atoms with van der Waals surface area (Å²) >= 11 is 0. The molecular weight excluding hydrogens is 270 g/mol. The van der Waals surface area contributed by atoms with Crippen LogP contribution in [0.15, 0.2) is 34.5 Å². The molecule has 1 atom stereocenters. The minimum atomic E-state index is -0.104. The minimum absolute atomic E-state index is 0.104. The number of nitrogens with one attached hydrogen (secondary N) is 2. The van der Waals surface area contributed by atoms with E-state index in [1.54, 1.807) is 0 Å². The number of allylic oxidation sites excluding steroid dienone is 2. The van der Waals surface area contributed by atoms with E-state index in [1.807, 2.05) is 13.1 Å². The van der Waals surface area contributed by atoms with Crippen molar-refractivity contribution < 1.29 is 0 Å². The van der Waals surface area contributed by atoms with Crippen molar-refractivity contribution in [3.05, 3.63) is 46.2 Å². The van der Waals surface area contributed by atoms with Gasteiger partial charge < -0.3 is 10.8 Å². The molecule has 0 bridgehead atoms. The normalized spacial score (nSPS) is 19.3. The van der Waals surface area contributed by atoms with Crippen molar-refractivity contribution in [2.75, 3.05) is 0 Å². The topological polar surface area (TPSA) is 60.1 Å². The van der Waals surface area contributed by atoms with Gasteiger partial charge in [0.15, 0.2) is 0 Å². The molecule has 1 aliphatic carbocycles. The molecule has 0 radical (unpaired) electrons. The van der Waals surface area contributed by atoms with E-state index in [9.17, 15) is 0 Å². The van der Waals surface area contributed by atoms with Crippen LogP contribution in [0.1, 0.15) is 55.2 Å². The number of aliphatic imine (C=N–C) groups is 1. The van der Waals surface area contributed by atoms with E-state index < -0.39 is 0 Å². The SMILES string of the molecule is C/C(N=CC(C=N)c1ccc(C)c(C)c1)=C1\CCCCC1=N. The molecule has 1 aromatic carbocycles. The van der Waals surface area contributed by atoms with Crippen molar-refractivity contribution in [1.82, 2.24) is 0 Å². The Balaban J connectivity index is 2.22. The van der Waals surface area contributed by atoms with Gasteiger partial charge in [-0.1, -0.05) is 18.2 Å². The van der Waals surface area contributed by atoms with Gasteiger partial charge in [0.2, 0.25) is 0 Å². The molecule has 2 N–H and O–H groups in total. The maximum absolute atomic E-state index is 8.05. The van der Waals surface area contributed by atoms with Crippen LogP contribution in [-0.4, -0.2) is 18.1 Å². The van der Waals surface area contributed by atoms with Gasteiger partial charge >= 0.3 is 0 Å². The number of rotatable bonds is 4. The summed E-state index contributed by atoms with van der Waals surface area (Å²) in [6.07, 6.45) is 7.36. The van der Waals surface area contributed by atoms with Gasteiger partial charge in [-0.05, 0) is 68.7 Å². The second kappa shape index (κ2) is 7.30. The van der Waals surface area contributed by atoms with Crippen LogP contribution in [0.4, 0.5) is 0 Å². The summed E-state index contributed by atoms with van der Waals surface area (Å²) in [7, 11) is 0. The highest BCUT2D eigenvalue weighted by atomic mass is 14.7. The fourth-order valence-electron chi connectivity index (χ4n) is 2.77. The van der Waals surface area contributed by atoms with Crippen LogP contribution >= 0.6 is 0 Å². The first-order valence-electron chi connectivity index (χ1n) is 7.92. The van der Waals surface area contributed by atoms with Crippen LogP contribution in [0.3, 0.4) is 0 Å². The van der Waals surface area contributed by atoms with Crippen molar-refractivity contribution in [3.63, 3.8) is 0 Å².